The van der Waals surface area contributed by atoms with Gasteiger partial charge >= 0.3 is 0 Å². The summed E-state index contributed by atoms with van der Waals surface area (Å²) < 4.78 is 28.8. The Hall–Kier alpha value is 0.160. The Labute approximate surface area is 116 Å². The van der Waals surface area contributed by atoms with Crippen LogP contribution in [0.4, 0.5) is 0 Å². The van der Waals surface area contributed by atoms with Crippen LogP contribution in [0.2, 0.25) is 0 Å². The predicted molar refractivity (Wildman–Crippen MR) is 76.1 cm³/mol. The molecule has 0 saturated carbocycles. The number of hydrogen-bond donors (Lipinski definition) is 1. The van der Waals surface area contributed by atoms with E-state index >= 15 is 0 Å². The van der Waals surface area contributed by atoms with Crippen LogP contribution < -0.4 is 4.72 Å². The van der Waals surface area contributed by atoms with Gasteiger partial charge in [-0.2, -0.15) is 12.7 Å². The maximum absolute atomic E-state index is 12.2. The Morgan fingerprint density at radius 1 is 1.39 bits per heavy atom. The number of piperidine rings is 1. The van der Waals surface area contributed by atoms with Crippen molar-refractivity contribution in [2.45, 2.75) is 52.5 Å². The molecule has 1 aliphatic rings. The standard InChI is InChI=1S/C12H25ClN2O2S/c1-11-6-4-5-9-15(11)18(16,17)14-10-12(2,3)7-8-13/h11,14H,4-10H2,1-3H3. The highest BCUT2D eigenvalue weighted by molar-refractivity contribution is 7.87. The molecule has 1 fully saturated rings. The lowest BCUT2D eigenvalue weighted by Crippen LogP contribution is -2.49. The summed E-state index contributed by atoms with van der Waals surface area (Å²) in [6, 6.07) is 0.104. The molecule has 1 heterocycles. The van der Waals surface area contributed by atoms with Crippen molar-refractivity contribution in [3.05, 3.63) is 0 Å². The largest absolute Gasteiger partial charge is 0.279 e. The molecular formula is C12H25ClN2O2S. The third-order valence-corrected chi connectivity index (χ3v) is 5.41. The quantitative estimate of drug-likeness (QED) is 0.765. The van der Waals surface area contributed by atoms with Crippen LogP contribution in [0.5, 0.6) is 0 Å². The van der Waals surface area contributed by atoms with Gasteiger partial charge < -0.3 is 0 Å². The summed E-state index contributed by atoms with van der Waals surface area (Å²) in [5.74, 6) is 0.550. The summed E-state index contributed by atoms with van der Waals surface area (Å²) in [4.78, 5) is 0. The zero-order valence-electron chi connectivity index (χ0n) is 11.6. The molecule has 0 aromatic carbocycles. The summed E-state index contributed by atoms with van der Waals surface area (Å²) >= 11 is 5.72. The highest BCUT2D eigenvalue weighted by Crippen LogP contribution is 2.22. The zero-order valence-corrected chi connectivity index (χ0v) is 13.1. The molecule has 4 nitrogen and oxygen atoms in total. The van der Waals surface area contributed by atoms with E-state index < -0.39 is 10.2 Å². The lowest BCUT2D eigenvalue weighted by molar-refractivity contribution is 0.261. The zero-order chi connectivity index (χ0) is 13.8. The summed E-state index contributed by atoms with van der Waals surface area (Å²) in [7, 11) is -3.34. The number of rotatable bonds is 6. The van der Waals surface area contributed by atoms with Gasteiger partial charge in [0.05, 0.1) is 0 Å². The van der Waals surface area contributed by atoms with E-state index in [0.29, 0.717) is 19.0 Å². The van der Waals surface area contributed by atoms with Crippen LogP contribution in [0.1, 0.15) is 46.5 Å². The molecule has 0 spiro atoms. The van der Waals surface area contributed by atoms with Gasteiger partial charge in [0.25, 0.3) is 10.2 Å². The van der Waals surface area contributed by atoms with E-state index in [0.717, 1.165) is 25.7 Å². The van der Waals surface area contributed by atoms with Crippen molar-refractivity contribution in [3.8, 4) is 0 Å². The highest BCUT2D eigenvalue weighted by Gasteiger charge is 2.30. The number of nitrogens with one attached hydrogen (secondary N) is 1. The summed E-state index contributed by atoms with van der Waals surface area (Å²) in [6.45, 7) is 7.09. The van der Waals surface area contributed by atoms with Gasteiger partial charge in [0.2, 0.25) is 0 Å². The van der Waals surface area contributed by atoms with E-state index in [1.807, 2.05) is 20.8 Å². The average molecular weight is 297 g/mol. The normalized spacial score (nSPS) is 23.2. The van der Waals surface area contributed by atoms with Crippen molar-refractivity contribution in [1.82, 2.24) is 9.03 Å². The van der Waals surface area contributed by atoms with Crippen LogP contribution in [-0.2, 0) is 10.2 Å². The molecule has 0 radical (unpaired) electrons. The maximum Gasteiger partial charge on any atom is 0.279 e. The second-order valence-electron chi connectivity index (χ2n) is 5.88. The molecular weight excluding hydrogens is 272 g/mol. The molecule has 0 aromatic rings. The summed E-state index contributed by atoms with van der Waals surface area (Å²) in [5.41, 5.74) is -0.103. The fourth-order valence-corrected chi connectivity index (χ4v) is 4.34. The van der Waals surface area contributed by atoms with Crippen molar-refractivity contribution in [2.75, 3.05) is 19.0 Å². The first kappa shape index (κ1) is 16.2. The van der Waals surface area contributed by atoms with Gasteiger partial charge in [0, 0.05) is 25.0 Å². The van der Waals surface area contributed by atoms with Crippen molar-refractivity contribution < 1.29 is 8.42 Å². The molecule has 0 amide bonds. The molecule has 1 saturated heterocycles. The van der Waals surface area contributed by atoms with Crippen LogP contribution in [-0.4, -0.2) is 37.7 Å². The Morgan fingerprint density at radius 2 is 2.06 bits per heavy atom. The number of nitrogens with zero attached hydrogens (tertiary/aromatic N) is 1. The van der Waals surface area contributed by atoms with Gasteiger partial charge in [-0.05, 0) is 31.6 Å². The third-order valence-electron chi connectivity index (χ3n) is 3.56. The molecule has 1 unspecified atom stereocenters. The summed E-state index contributed by atoms with van der Waals surface area (Å²) in [5, 5.41) is 0. The van der Waals surface area contributed by atoms with E-state index in [9.17, 15) is 8.42 Å². The number of hydrogen-bond acceptors (Lipinski definition) is 2. The molecule has 0 bridgehead atoms. The van der Waals surface area contributed by atoms with Crippen LogP contribution in [0, 0.1) is 5.41 Å². The smallest absolute Gasteiger partial charge is 0.202 e. The minimum Gasteiger partial charge on any atom is -0.202 e. The van der Waals surface area contributed by atoms with E-state index in [2.05, 4.69) is 4.72 Å². The maximum atomic E-state index is 12.2. The molecule has 1 atom stereocenters. The van der Waals surface area contributed by atoms with E-state index in [4.69, 9.17) is 11.6 Å². The molecule has 0 aliphatic carbocycles. The van der Waals surface area contributed by atoms with Gasteiger partial charge in [0.1, 0.15) is 0 Å². The van der Waals surface area contributed by atoms with Gasteiger partial charge in [0.15, 0.2) is 0 Å². The summed E-state index contributed by atoms with van der Waals surface area (Å²) in [6.07, 6.45) is 3.82. The third kappa shape index (κ3) is 4.68. The SMILES string of the molecule is CC1CCCCN1S(=O)(=O)NCC(C)(C)CCCl. The lowest BCUT2D eigenvalue weighted by Gasteiger charge is -2.33. The minimum atomic E-state index is -3.34. The number of halogens is 1. The Bertz CT molecular complexity index is 357. The van der Waals surface area contributed by atoms with Crippen LogP contribution >= 0.6 is 11.6 Å². The molecule has 1 aliphatic heterocycles. The van der Waals surface area contributed by atoms with Gasteiger partial charge in [-0.3, -0.25) is 0 Å². The van der Waals surface area contributed by atoms with E-state index in [1.54, 1.807) is 4.31 Å². The second kappa shape index (κ2) is 6.55. The highest BCUT2D eigenvalue weighted by atomic mass is 35.5. The topological polar surface area (TPSA) is 49.4 Å². The fraction of sp³-hybridized carbons (Fsp3) is 1.00. The molecule has 1 N–H and O–H groups in total. The van der Waals surface area contributed by atoms with Crippen LogP contribution in [0.15, 0.2) is 0 Å². The van der Waals surface area contributed by atoms with E-state index in [1.165, 1.54) is 0 Å². The van der Waals surface area contributed by atoms with Crippen LogP contribution in [0.3, 0.4) is 0 Å². The van der Waals surface area contributed by atoms with Crippen LogP contribution in [0.25, 0.3) is 0 Å². The minimum absolute atomic E-state index is 0.103. The van der Waals surface area contributed by atoms with Gasteiger partial charge in [-0.25, -0.2) is 4.72 Å². The van der Waals surface area contributed by atoms with E-state index in [-0.39, 0.29) is 11.5 Å². The predicted octanol–water partition coefficient (Wildman–Crippen LogP) is 2.35. The molecule has 108 valence electrons. The molecule has 18 heavy (non-hydrogen) atoms. The lowest BCUT2D eigenvalue weighted by atomic mass is 9.91. The molecule has 1 rings (SSSR count). The Morgan fingerprint density at radius 3 is 2.61 bits per heavy atom. The molecule has 6 heteroatoms. The fourth-order valence-electron chi connectivity index (χ4n) is 2.14. The van der Waals surface area contributed by atoms with Crippen molar-refractivity contribution in [3.63, 3.8) is 0 Å². The first-order valence-electron chi connectivity index (χ1n) is 6.61. The monoisotopic (exact) mass is 296 g/mol. The Kier molecular flexibility index (Phi) is 5.90. The first-order valence-corrected chi connectivity index (χ1v) is 8.58. The van der Waals surface area contributed by atoms with Gasteiger partial charge in [-0.15, -0.1) is 11.6 Å². The molecule has 0 aromatic heterocycles. The van der Waals surface area contributed by atoms with Crippen molar-refractivity contribution in [2.24, 2.45) is 5.41 Å². The Balaban J connectivity index is 2.59. The second-order valence-corrected chi connectivity index (χ2v) is 7.97. The van der Waals surface area contributed by atoms with Gasteiger partial charge in [-0.1, -0.05) is 20.3 Å². The van der Waals surface area contributed by atoms with Crippen molar-refractivity contribution >= 4 is 21.8 Å². The number of alkyl halides is 1. The first-order chi connectivity index (χ1) is 8.28. The van der Waals surface area contributed by atoms with Crippen molar-refractivity contribution in [1.29, 1.82) is 0 Å². The average Bonchev–Trinajstić information content (AvgIpc) is 2.27.